The van der Waals surface area contributed by atoms with E-state index in [9.17, 15) is 4.79 Å². The van der Waals surface area contributed by atoms with Gasteiger partial charge in [0.2, 0.25) is 0 Å². The molecule has 2 aromatic rings. The highest BCUT2D eigenvalue weighted by molar-refractivity contribution is 5.94. The maximum Gasteiger partial charge on any atom is 0.253 e. The number of pyridine rings is 1. The largest absolute Gasteiger partial charge is 0.378 e. The molecular formula is C18H21N3O2. The molecule has 2 heterocycles. The fraction of sp³-hybridized carbons (Fsp3) is 0.333. The van der Waals surface area contributed by atoms with E-state index in [1.54, 1.807) is 6.20 Å². The highest BCUT2D eigenvalue weighted by Gasteiger charge is 2.13. The van der Waals surface area contributed by atoms with Gasteiger partial charge in [-0.15, -0.1) is 0 Å². The molecule has 1 amide bonds. The lowest BCUT2D eigenvalue weighted by Crippen LogP contribution is -2.36. The van der Waals surface area contributed by atoms with Crippen LogP contribution in [0.4, 0.5) is 5.82 Å². The summed E-state index contributed by atoms with van der Waals surface area (Å²) in [6.45, 7) is 5.69. The van der Waals surface area contributed by atoms with Crippen LogP contribution in [0, 0.1) is 6.92 Å². The van der Waals surface area contributed by atoms with Gasteiger partial charge in [0.15, 0.2) is 0 Å². The molecule has 0 radical (unpaired) electrons. The fourth-order valence-electron chi connectivity index (χ4n) is 2.49. The third kappa shape index (κ3) is 4.07. The minimum Gasteiger partial charge on any atom is -0.378 e. The number of nitrogens with zero attached hydrogens (tertiary/aromatic N) is 2. The van der Waals surface area contributed by atoms with Gasteiger partial charge in [0.05, 0.1) is 18.8 Å². The van der Waals surface area contributed by atoms with E-state index in [1.165, 1.54) is 5.56 Å². The zero-order chi connectivity index (χ0) is 16.1. The Morgan fingerprint density at radius 2 is 1.91 bits per heavy atom. The number of amides is 1. The van der Waals surface area contributed by atoms with Crippen LogP contribution in [0.5, 0.6) is 0 Å². The second-order valence-electron chi connectivity index (χ2n) is 5.67. The van der Waals surface area contributed by atoms with Gasteiger partial charge in [-0.05, 0) is 24.6 Å². The van der Waals surface area contributed by atoms with Crippen LogP contribution in [0.25, 0.3) is 0 Å². The Hall–Kier alpha value is -2.40. The maximum absolute atomic E-state index is 12.2. The Labute approximate surface area is 136 Å². The Balaban J connectivity index is 1.57. The minimum atomic E-state index is -0.105. The van der Waals surface area contributed by atoms with Crippen molar-refractivity contribution in [2.24, 2.45) is 0 Å². The predicted molar refractivity (Wildman–Crippen MR) is 89.6 cm³/mol. The summed E-state index contributed by atoms with van der Waals surface area (Å²) in [5.41, 5.74) is 2.87. The van der Waals surface area contributed by atoms with Gasteiger partial charge >= 0.3 is 0 Å². The van der Waals surface area contributed by atoms with E-state index in [0.717, 1.165) is 37.7 Å². The molecule has 3 rings (SSSR count). The number of carbonyl (C=O) groups is 1. The topological polar surface area (TPSA) is 54.5 Å². The summed E-state index contributed by atoms with van der Waals surface area (Å²) in [5, 5.41) is 2.92. The van der Waals surface area contributed by atoms with Gasteiger partial charge in [-0.3, -0.25) is 4.79 Å². The predicted octanol–water partition coefficient (Wildman–Crippen LogP) is 2.16. The van der Waals surface area contributed by atoms with Crippen molar-refractivity contribution in [3.8, 4) is 0 Å². The van der Waals surface area contributed by atoms with Crippen LogP contribution in [-0.2, 0) is 11.3 Å². The molecule has 0 aliphatic carbocycles. The Morgan fingerprint density at radius 3 is 2.57 bits per heavy atom. The van der Waals surface area contributed by atoms with Crippen molar-refractivity contribution >= 4 is 11.7 Å². The number of ether oxygens (including phenoxy) is 1. The molecule has 1 N–H and O–H groups in total. The third-order valence-electron chi connectivity index (χ3n) is 3.92. The molecule has 1 aliphatic rings. The normalized spacial score (nSPS) is 14.6. The van der Waals surface area contributed by atoms with E-state index in [0.29, 0.717) is 12.1 Å². The molecule has 0 spiro atoms. The highest BCUT2D eigenvalue weighted by atomic mass is 16.5. The smallest absolute Gasteiger partial charge is 0.253 e. The standard InChI is InChI=1S/C18H21N3O2/c1-14-2-4-15(5-3-14)12-20-18(22)16-6-7-17(19-13-16)21-8-10-23-11-9-21/h2-7,13H,8-12H2,1H3,(H,20,22). The molecule has 0 bridgehead atoms. The lowest BCUT2D eigenvalue weighted by atomic mass is 10.1. The molecule has 5 nitrogen and oxygen atoms in total. The molecule has 0 unspecified atom stereocenters. The lowest BCUT2D eigenvalue weighted by Gasteiger charge is -2.27. The zero-order valence-electron chi connectivity index (χ0n) is 13.3. The van der Waals surface area contributed by atoms with Gasteiger partial charge in [-0.2, -0.15) is 0 Å². The number of carbonyl (C=O) groups excluding carboxylic acids is 1. The van der Waals surface area contributed by atoms with Crippen LogP contribution in [0.15, 0.2) is 42.6 Å². The van der Waals surface area contributed by atoms with Crippen molar-refractivity contribution in [2.45, 2.75) is 13.5 Å². The van der Waals surface area contributed by atoms with Crippen LogP contribution >= 0.6 is 0 Å². The summed E-state index contributed by atoms with van der Waals surface area (Å²) in [5.74, 6) is 0.787. The molecule has 1 saturated heterocycles. The SMILES string of the molecule is Cc1ccc(CNC(=O)c2ccc(N3CCOCC3)nc2)cc1. The molecule has 23 heavy (non-hydrogen) atoms. The van der Waals surface area contributed by atoms with Crippen molar-refractivity contribution in [1.29, 1.82) is 0 Å². The molecule has 120 valence electrons. The summed E-state index contributed by atoms with van der Waals surface area (Å²) in [7, 11) is 0. The van der Waals surface area contributed by atoms with Crippen molar-refractivity contribution in [3.05, 3.63) is 59.3 Å². The number of hydrogen-bond donors (Lipinski definition) is 1. The van der Waals surface area contributed by atoms with Crippen molar-refractivity contribution in [1.82, 2.24) is 10.3 Å². The van der Waals surface area contributed by atoms with Crippen molar-refractivity contribution in [3.63, 3.8) is 0 Å². The van der Waals surface area contributed by atoms with Gasteiger partial charge in [0, 0.05) is 25.8 Å². The number of nitrogens with one attached hydrogen (secondary N) is 1. The highest BCUT2D eigenvalue weighted by Crippen LogP contribution is 2.13. The van der Waals surface area contributed by atoms with Gasteiger partial charge in [0.25, 0.3) is 5.91 Å². The van der Waals surface area contributed by atoms with Crippen LogP contribution in [0.1, 0.15) is 21.5 Å². The first-order chi connectivity index (χ1) is 11.2. The Bertz CT molecular complexity index is 647. The number of rotatable bonds is 4. The number of benzene rings is 1. The number of hydrogen-bond acceptors (Lipinski definition) is 4. The Kier molecular flexibility index (Phi) is 4.88. The summed E-state index contributed by atoms with van der Waals surface area (Å²) < 4.78 is 5.33. The summed E-state index contributed by atoms with van der Waals surface area (Å²) in [6.07, 6.45) is 1.63. The van der Waals surface area contributed by atoms with Crippen LogP contribution in [0.2, 0.25) is 0 Å². The first kappa shape index (κ1) is 15.5. The molecule has 1 aliphatic heterocycles. The quantitative estimate of drug-likeness (QED) is 0.940. The van der Waals surface area contributed by atoms with Crippen molar-refractivity contribution in [2.75, 3.05) is 31.2 Å². The molecule has 1 aromatic carbocycles. The lowest BCUT2D eigenvalue weighted by molar-refractivity contribution is 0.0950. The number of morpholine rings is 1. The van der Waals surface area contributed by atoms with E-state index in [1.807, 2.05) is 43.3 Å². The molecular weight excluding hydrogens is 290 g/mol. The van der Waals surface area contributed by atoms with Gasteiger partial charge < -0.3 is 15.0 Å². The zero-order valence-corrected chi connectivity index (χ0v) is 13.3. The first-order valence-corrected chi connectivity index (χ1v) is 7.85. The minimum absolute atomic E-state index is 0.105. The number of aryl methyl sites for hydroxylation is 1. The number of anilines is 1. The van der Waals surface area contributed by atoms with Gasteiger partial charge in [-0.25, -0.2) is 4.98 Å². The molecule has 5 heteroatoms. The fourth-order valence-corrected chi connectivity index (χ4v) is 2.49. The monoisotopic (exact) mass is 311 g/mol. The summed E-state index contributed by atoms with van der Waals surface area (Å²) in [4.78, 5) is 18.8. The second-order valence-corrected chi connectivity index (χ2v) is 5.67. The average Bonchev–Trinajstić information content (AvgIpc) is 2.62. The molecule has 0 saturated carbocycles. The maximum atomic E-state index is 12.2. The van der Waals surface area contributed by atoms with Crippen LogP contribution in [0.3, 0.4) is 0 Å². The van der Waals surface area contributed by atoms with E-state index >= 15 is 0 Å². The van der Waals surface area contributed by atoms with Crippen LogP contribution in [-0.4, -0.2) is 37.2 Å². The van der Waals surface area contributed by atoms with Crippen LogP contribution < -0.4 is 10.2 Å². The number of aromatic nitrogens is 1. The molecule has 1 aromatic heterocycles. The first-order valence-electron chi connectivity index (χ1n) is 7.85. The second kappa shape index (κ2) is 7.24. The summed E-state index contributed by atoms with van der Waals surface area (Å²) in [6, 6.07) is 11.8. The van der Waals surface area contributed by atoms with Crippen molar-refractivity contribution < 1.29 is 9.53 Å². The van der Waals surface area contributed by atoms with Gasteiger partial charge in [-0.1, -0.05) is 29.8 Å². The van der Waals surface area contributed by atoms with E-state index < -0.39 is 0 Å². The average molecular weight is 311 g/mol. The van der Waals surface area contributed by atoms with E-state index in [4.69, 9.17) is 4.74 Å². The summed E-state index contributed by atoms with van der Waals surface area (Å²) >= 11 is 0. The third-order valence-corrected chi connectivity index (χ3v) is 3.92. The Morgan fingerprint density at radius 1 is 1.17 bits per heavy atom. The molecule has 1 fully saturated rings. The molecule has 0 atom stereocenters. The van der Waals surface area contributed by atoms with Gasteiger partial charge in [0.1, 0.15) is 5.82 Å². The van der Waals surface area contributed by atoms with E-state index in [2.05, 4.69) is 15.2 Å². The van der Waals surface area contributed by atoms with E-state index in [-0.39, 0.29) is 5.91 Å².